The van der Waals surface area contributed by atoms with Gasteiger partial charge in [-0.05, 0) is 111 Å². The summed E-state index contributed by atoms with van der Waals surface area (Å²) in [5.74, 6) is 3.05. The van der Waals surface area contributed by atoms with Gasteiger partial charge in [0, 0.05) is 0 Å². The minimum atomic E-state index is -4.50. The number of phosphoric acid groups is 2. The molecule has 0 aromatic heterocycles. The van der Waals surface area contributed by atoms with Gasteiger partial charge in [0.15, 0.2) is 0 Å². The molecular formula is C27H48O8P2. The van der Waals surface area contributed by atoms with Crippen molar-refractivity contribution in [2.45, 2.75) is 111 Å². The standard InChI is InChI=1S/C27H48O8P2/c1-17(2)25(35-37(31,32)33)11-6-18(3)22-9-10-23-21-8-7-19-16-20(34-36(28,29)30)12-14-26(19,4)24(21)13-15-27(22,23)5/h7,17-18,20-25H,6,8-16H2,1-5H3,(H2,28,29,30)(H2,31,32,33)/t18-,20+,21+,22-,23+,24+,25?,26+,27-/m1/s1. The van der Waals surface area contributed by atoms with E-state index in [1.165, 1.54) is 31.3 Å². The van der Waals surface area contributed by atoms with Crippen LogP contribution in [0.1, 0.15) is 98.8 Å². The van der Waals surface area contributed by atoms with E-state index >= 15 is 0 Å². The summed E-state index contributed by atoms with van der Waals surface area (Å²) >= 11 is 0. The van der Waals surface area contributed by atoms with Gasteiger partial charge in [0.25, 0.3) is 0 Å². The summed E-state index contributed by atoms with van der Waals surface area (Å²) in [4.78, 5) is 37.2. The van der Waals surface area contributed by atoms with Gasteiger partial charge in [0.1, 0.15) is 0 Å². The lowest BCUT2D eigenvalue weighted by molar-refractivity contribution is -0.0576. The van der Waals surface area contributed by atoms with Crippen LogP contribution in [0.3, 0.4) is 0 Å². The van der Waals surface area contributed by atoms with Crippen LogP contribution in [0.25, 0.3) is 0 Å². The summed E-state index contributed by atoms with van der Waals surface area (Å²) in [5, 5.41) is 0. The van der Waals surface area contributed by atoms with Crippen LogP contribution < -0.4 is 0 Å². The first-order valence-corrected chi connectivity index (χ1v) is 17.3. The monoisotopic (exact) mass is 562 g/mol. The van der Waals surface area contributed by atoms with Gasteiger partial charge in [0.05, 0.1) is 12.2 Å². The highest BCUT2D eigenvalue weighted by molar-refractivity contribution is 7.46. The van der Waals surface area contributed by atoms with Gasteiger partial charge in [-0.15, -0.1) is 0 Å². The largest absolute Gasteiger partial charge is 0.469 e. The zero-order chi connectivity index (χ0) is 27.4. The molecule has 0 amide bonds. The molecule has 3 fully saturated rings. The normalized spacial score (nSPS) is 39.9. The second-order valence-electron chi connectivity index (χ2n) is 13.4. The smallest absolute Gasteiger partial charge is 0.303 e. The van der Waals surface area contributed by atoms with Crippen molar-refractivity contribution in [2.24, 2.45) is 46.3 Å². The molecule has 4 aliphatic carbocycles. The first-order chi connectivity index (χ1) is 17.0. The maximum absolute atomic E-state index is 11.5. The van der Waals surface area contributed by atoms with Gasteiger partial charge in [-0.3, -0.25) is 9.05 Å². The first kappa shape index (κ1) is 29.9. The van der Waals surface area contributed by atoms with E-state index in [-0.39, 0.29) is 16.7 Å². The quantitative estimate of drug-likeness (QED) is 0.183. The number of allylic oxidation sites excluding steroid dienone is 1. The van der Waals surface area contributed by atoms with Crippen molar-refractivity contribution in [2.75, 3.05) is 0 Å². The van der Waals surface area contributed by atoms with E-state index in [9.17, 15) is 28.7 Å². The zero-order valence-corrected chi connectivity index (χ0v) is 24.9. The van der Waals surface area contributed by atoms with E-state index in [0.717, 1.165) is 19.3 Å². The SMILES string of the molecule is CC(C)C(CC[C@@H](C)[C@H]1CC[C@H]2[C@@H]3CC=C4C[C@@H](OP(=O)(O)O)CC[C@]4(C)[C@H]3CC[C@]12C)OP(=O)(O)O. The molecule has 9 atom stereocenters. The summed E-state index contributed by atoms with van der Waals surface area (Å²) in [7, 11) is -8.97. The molecule has 0 aromatic carbocycles. The molecule has 1 unspecified atom stereocenters. The fraction of sp³-hybridized carbons (Fsp3) is 0.926. The molecule has 0 spiro atoms. The second kappa shape index (κ2) is 10.7. The molecule has 0 aromatic rings. The van der Waals surface area contributed by atoms with Crippen LogP contribution in [-0.2, 0) is 18.2 Å². The van der Waals surface area contributed by atoms with Crippen molar-refractivity contribution in [1.29, 1.82) is 0 Å². The third-order valence-electron chi connectivity index (χ3n) is 11.0. The highest BCUT2D eigenvalue weighted by Gasteiger charge is 2.59. The van der Waals surface area contributed by atoms with Crippen molar-refractivity contribution < 1.29 is 37.8 Å². The minimum Gasteiger partial charge on any atom is -0.303 e. The average molecular weight is 563 g/mol. The molecule has 0 bridgehead atoms. The fourth-order valence-corrected chi connectivity index (χ4v) is 10.5. The predicted molar refractivity (Wildman–Crippen MR) is 142 cm³/mol. The van der Waals surface area contributed by atoms with Crippen LogP contribution in [0.5, 0.6) is 0 Å². The number of fused-ring (bicyclic) bond motifs is 5. The minimum absolute atomic E-state index is 0.0494. The van der Waals surface area contributed by atoms with Crippen LogP contribution in [0, 0.1) is 46.3 Å². The second-order valence-corrected chi connectivity index (χ2v) is 15.8. The topological polar surface area (TPSA) is 134 Å². The molecule has 8 nitrogen and oxygen atoms in total. The maximum atomic E-state index is 11.5. The number of hydrogen-bond acceptors (Lipinski definition) is 4. The van der Waals surface area contributed by atoms with Gasteiger partial charge in [0.2, 0.25) is 0 Å². The Morgan fingerprint density at radius 1 is 0.946 bits per heavy atom. The first-order valence-electron chi connectivity index (χ1n) is 14.2. The Morgan fingerprint density at radius 3 is 2.27 bits per heavy atom. The summed E-state index contributed by atoms with van der Waals surface area (Å²) in [6.45, 7) is 11.1. The Bertz CT molecular complexity index is 956. The third kappa shape index (κ3) is 6.33. The van der Waals surface area contributed by atoms with Crippen LogP contribution in [0.15, 0.2) is 11.6 Å². The molecular weight excluding hydrogens is 514 g/mol. The van der Waals surface area contributed by atoms with Crippen LogP contribution in [0.2, 0.25) is 0 Å². The molecule has 0 radical (unpaired) electrons. The van der Waals surface area contributed by atoms with Crippen molar-refractivity contribution in [3.8, 4) is 0 Å². The Labute approximate surface area is 222 Å². The van der Waals surface area contributed by atoms with Crippen LogP contribution in [0.4, 0.5) is 0 Å². The van der Waals surface area contributed by atoms with E-state index in [4.69, 9.17) is 9.05 Å². The molecule has 4 aliphatic rings. The van der Waals surface area contributed by atoms with Crippen LogP contribution in [-0.4, -0.2) is 31.8 Å². The lowest BCUT2D eigenvalue weighted by atomic mass is 9.47. The van der Waals surface area contributed by atoms with E-state index < -0.39 is 27.9 Å². The Balaban J connectivity index is 1.44. The Kier molecular flexibility index (Phi) is 8.69. The number of rotatable bonds is 9. The molecule has 214 valence electrons. The summed E-state index contributed by atoms with van der Waals surface area (Å²) in [6, 6.07) is 0. The molecule has 4 rings (SSSR count). The lowest BCUT2D eigenvalue weighted by Gasteiger charge is -2.58. The van der Waals surface area contributed by atoms with Gasteiger partial charge in [-0.2, -0.15) is 0 Å². The van der Waals surface area contributed by atoms with E-state index in [1.54, 1.807) is 0 Å². The lowest BCUT2D eigenvalue weighted by Crippen LogP contribution is -2.51. The van der Waals surface area contributed by atoms with Crippen molar-refractivity contribution in [1.82, 2.24) is 0 Å². The Morgan fingerprint density at radius 2 is 1.65 bits per heavy atom. The number of phosphoric ester groups is 2. The predicted octanol–water partition coefficient (Wildman–Crippen LogP) is 6.59. The zero-order valence-electron chi connectivity index (χ0n) is 23.1. The third-order valence-corrected chi connectivity index (χ3v) is 12.1. The summed E-state index contributed by atoms with van der Waals surface area (Å²) < 4.78 is 33.1. The van der Waals surface area contributed by atoms with Gasteiger partial charge in [-0.25, -0.2) is 9.13 Å². The molecule has 0 saturated heterocycles. The molecule has 10 heteroatoms. The van der Waals surface area contributed by atoms with Crippen molar-refractivity contribution in [3.05, 3.63) is 11.6 Å². The van der Waals surface area contributed by atoms with Gasteiger partial charge in [-0.1, -0.05) is 46.3 Å². The van der Waals surface area contributed by atoms with E-state index in [2.05, 4.69) is 26.8 Å². The van der Waals surface area contributed by atoms with Crippen LogP contribution >= 0.6 is 15.6 Å². The molecule has 0 heterocycles. The van der Waals surface area contributed by atoms with Gasteiger partial charge < -0.3 is 19.6 Å². The van der Waals surface area contributed by atoms with Crippen molar-refractivity contribution >= 4 is 15.6 Å². The molecule has 37 heavy (non-hydrogen) atoms. The molecule has 0 aliphatic heterocycles. The average Bonchev–Trinajstić information content (AvgIpc) is 3.12. The van der Waals surface area contributed by atoms with E-state index in [1.807, 2.05) is 13.8 Å². The number of hydrogen-bond donors (Lipinski definition) is 4. The van der Waals surface area contributed by atoms with Crippen molar-refractivity contribution in [3.63, 3.8) is 0 Å². The van der Waals surface area contributed by atoms with E-state index in [0.29, 0.717) is 48.9 Å². The Hall–Kier alpha value is -0.0400. The molecule has 3 saturated carbocycles. The maximum Gasteiger partial charge on any atom is 0.469 e. The summed E-state index contributed by atoms with van der Waals surface area (Å²) in [5.41, 5.74) is 1.71. The highest BCUT2D eigenvalue weighted by atomic mass is 31.2. The van der Waals surface area contributed by atoms with Gasteiger partial charge >= 0.3 is 15.6 Å². The fourth-order valence-electron chi connectivity index (χ4n) is 9.20. The molecule has 4 N–H and O–H groups in total. The summed E-state index contributed by atoms with van der Waals surface area (Å²) in [6.07, 6.45) is 11.2. The highest BCUT2D eigenvalue weighted by Crippen LogP contribution is 2.67.